The molecule has 0 spiro atoms. The Bertz CT molecular complexity index is 925. The molecule has 3 aliphatic heterocycles. The zero-order chi connectivity index (χ0) is 21.4. The molecule has 2 bridgehead atoms. The second kappa shape index (κ2) is 8.66. The predicted octanol–water partition coefficient (Wildman–Crippen LogP) is 4.45. The number of hydrogen-bond donors (Lipinski definition) is 0. The number of aryl methyl sites for hydroxylation is 1. The molecule has 3 saturated heterocycles. The molecule has 1 amide bonds. The lowest BCUT2D eigenvalue weighted by Crippen LogP contribution is -2.65. The lowest BCUT2D eigenvalue weighted by molar-refractivity contribution is -0.152. The molecule has 5 rings (SSSR count). The number of fused-ring (bicyclic) bond motifs is 4. The first-order valence-electron chi connectivity index (χ1n) is 11.8. The molecular formula is C27H34N2O2. The standard InChI is InChI=1S/C27H34N2O2/c1-19-9-11-20(12-10-19)16-28-17-22-15-23(18-28)26(29-25(22)7-4-8-27(29)30)14-21-5-3-6-24(13-21)31-2/h3,5-6,9-13,22-23,25-26H,4,7-8,14-18H2,1-2H3/t22-,23+,25+,26+/m1/s1. The molecule has 4 atom stereocenters. The number of amides is 1. The van der Waals surface area contributed by atoms with E-state index in [1.807, 2.05) is 6.07 Å². The molecule has 2 aromatic carbocycles. The van der Waals surface area contributed by atoms with Gasteiger partial charge in [-0.15, -0.1) is 0 Å². The van der Waals surface area contributed by atoms with E-state index in [0.29, 0.717) is 29.8 Å². The van der Waals surface area contributed by atoms with E-state index in [9.17, 15) is 4.79 Å². The first kappa shape index (κ1) is 20.6. The van der Waals surface area contributed by atoms with Gasteiger partial charge in [0.15, 0.2) is 0 Å². The molecule has 0 saturated carbocycles. The van der Waals surface area contributed by atoms with Crippen LogP contribution in [-0.2, 0) is 17.8 Å². The molecule has 0 aliphatic carbocycles. The molecular weight excluding hydrogens is 384 g/mol. The summed E-state index contributed by atoms with van der Waals surface area (Å²) in [5.41, 5.74) is 3.98. The highest BCUT2D eigenvalue weighted by Gasteiger charge is 2.49. The van der Waals surface area contributed by atoms with Crippen LogP contribution in [0.4, 0.5) is 0 Å². The van der Waals surface area contributed by atoms with Crippen LogP contribution in [0.3, 0.4) is 0 Å². The summed E-state index contributed by atoms with van der Waals surface area (Å²) in [6.45, 7) is 5.35. The maximum atomic E-state index is 13.1. The number of carbonyl (C=O) groups excluding carboxylic acids is 1. The van der Waals surface area contributed by atoms with Crippen LogP contribution in [0.15, 0.2) is 48.5 Å². The summed E-state index contributed by atoms with van der Waals surface area (Å²) in [7, 11) is 1.72. The molecule has 31 heavy (non-hydrogen) atoms. The summed E-state index contributed by atoms with van der Waals surface area (Å²) < 4.78 is 5.46. The number of ether oxygens (including phenoxy) is 1. The predicted molar refractivity (Wildman–Crippen MR) is 123 cm³/mol. The average Bonchev–Trinajstić information content (AvgIpc) is 2.78. The van der Waals surface area contributed by atoms with Crippen molar-refractivity contribution in [3.8, 4) is 5.75 Å². The number of likely N-dealkylation sites (tertiary alicyclic amines) is 1. The number of carbonyl (C=O) groups is 1. The second-order valence-corrected chi connectivity index (χ2v) is 9.82. The molecule has 0 unspecified atom stereocenters. The van der Waals surface area contributed by atoms with Crippen LogP contribution in [0.5, 0.6) is 5.75 Å². The Morgan fingerprint density at radius 1 is 1.03 bits per heavy atom. The van der Waals surface area contributed by atoms with E-state index >= 15 is 0 Å². The number of rotatable bonds is 5. The molecule has 0 radical (unpaired) electrons. The lowest BCUT2D eigenvalue weighted by atomic mass is 9.70. The Balaban J connectivity index is 1.40. The fraction of sp³-hybridized carbons (Fsp3) is 0.519. The van der Waals surface area contributed by atoms with E-state index in [4.69, 9.17) is 4.74 Å². The summed E-state index contributed by atoms with van der Waals surface area (Å²) in [6, 6.07) is 18.1. The Hall–Kier alpha value is -2.33. The summed E-state index contributed by atoms with van der Waals surface area (Å²) in [4.78, 5) is 18.1. The summed E-state index contributed by atoms with van der Waals surface area (Å²) in [5.74, 6) is 2.42. The molecule has 3 fully saturated rings. The van der Waals surface area contributed by atoms with Crippen LogP contribution >= 0.6 is 0 Å². The highest BCUT2D eigenvalue weighted by Crippen LogP contribution is 2.43. The maximum Gasteiger partial charge on any atom is 0.223 e. The van der Waals surface area contributed by atoms with Crippen LogP contribution in [0.1, 0.15) is 42.4 Å². The van der Waals surface area contributed by atoms with Crippen molar-refractivity contribution in [3.05, 3.63) is 65.2 Å². The van der Waals surface area contributed by atoms with Crippen molar-refractivity contribution in [1.29, 1.82) is 0 Å². The molecule has 0 N–H and O–H groups in total. The van der Waals surface area contributed by atoms with Crippen molar-refractivity contribution < 1.29 is 9.53 Å². The Morgan fingerprint density at radius 2 is 1.84 bits per heavy atom. The fourth-order valence-electron chi connectivity index (χ4n) is 6.26. The topological polar surface area (TPSA) is 32.8 Å². The maximum absolute atomic E-state index is 13.1. The van der Waals surface area contributed by atoms with Crippen molar-refractivity contribution in [2.45, 2.75) is 57.7 Å². The van der Waals surface area contributed by atoms with Crippen LogP contribution in [0.2, 0.25) is 0 Å². The van der Waals surface area contributed by atoms with Gasteiger partial charge in [0.05, 0.1) is 7.11 Å². The van der Waals surface area contributed by atoms with Crippen LogP contribution in [0, 0.1) is 18.8 Å². The van der Waals surface area contributed by atoms with E-state index in [2.05, 4.69) is 59.2 Å². The summed E-state index contributed by atoms with van der Waals surface area (Å²) >= 11 is 0. The summed E-state index contributed by atoms with van der Waals surface area (Å²) in [6.07, 6.45) is 5.11. The van der Waals surface area contributed by atoms with E-state index in [0.717, 1.165) is 51.1 Å². The number of benzene rings is 2. The van der Waals surface area contributed by atoms with Gasteiger partial charge in [0.2, 0.25) is 5.91 Å². The average molecular weight is 419 g/mol. The highest BCUT2D eigenvalue weighted by molar-refractivity contribution is 5.78. The zero-order valence-corrected chi connectivity index (χ0v) is 18.8. The SMILES string of the molecule is COc1cccc(C[C@H]2[C@H]3C[C@H](CN(Cc4ccc(C)cc4)C3)[C@@H]3CCCC(=O)N32)c1. The Morgan fingerprint density at radius 3 is 2.65 bits per heavy atom. The first-order chi connectivity index (χ1) is 15.1. The number of hydrogen-bond acceptors (Lipinski definition) is 3. The minimum Gasteiger partial charge on any atom is -0.497 e. The van der Waals surface area contributed by atoms with E-state index < -0.39 is 0 Å². The van der Waals surface area contributed by atoms with Gasteiger partial charge in [-0.3, -0.25) is 9.69 Å². The van der Waals surface area contributed by atoms with Gasteiger partial charge in [0, 0.05) is 38.1 Å². The van der Waals surface area contributed by atoms with E-state index in [-0.39, 0.29) is 0 Å². The smallest absolute Gasteiger partial charge is 0.223 e. The lowest BCUT2D eigenvalue weighted by Gasteiger charge is -2.57. The normalized spacial score (nSPS) is 28.3. The molecule has 3 heterocycles. The van der Waals surface area contributed by atoms with Crippen molar-refractivity contribution in [3.63, 3.8) is 0 Å². The molecule has 3 aliphatic rings. The third-order valence-corrected chi connectivity index (χ3v) is 7.68. The van der Waals surface area contributed by atoms with Crippen LogP contribution < -0.4 is 4.74 Å². The van der Waals surface area contributed by atoms with Crippen molar-refractivity contribution in [1.82, 2.24) is 9.80 Å². The van der Waals surface area contributed by atoms with Gasteiger partial charge in [-0.05, 0) is 67.7 Å². The van der Waals surface area contributed by atoms with E-state index in [1.54, 1.807) is 7.11 Å². The van der Waals surface area contributed by atoms with Crippen molar-refractivity contribution in [2.24, 2.45) is 11.8 Å². The minimum absolute atomic E-state index is 0.293. The van der Waals surface area contributed by atoms with Gasteiger partial charge in [-0.25, -0.2) is 0 Å². The van der Waals surface area contributed by atoms with Gasteiger partial charge in [-0.2, -0.15) is 0 Å². The second-order valence-electron chi connectivity index (χ2n) is 9.82. The Labute approximate surface area is 186 Å². The van der Waals surface area contributed by atoms with Crippen molar-refractivity contribution in [2.75, 3.05) is 20.2 Å². The van der Waals surface area contributed by atoms with Crippen LogP contribution in [0.25, 0.3) is 0 Å². The van der Waals surface area contributed by atoms with Gasteiger partial charge in [-0.1, -0.05) is 42.0 Å². The highest BCUT2D eigenvalue weighted by atomic mass is 16.5. The number of piperidine rings is 3. The molecule has 4 nitrogen and oxygen atoms in total. The third kappa shape index (κ3) is 4.23. The summed E-state index contributed by atoms with van der Waals surface area (Å²) in [5, 5.41) is 0. The number of methoxy groups -OCH3 is 1. The quantitative estimate of drug-likeness (QED) is 0.719. The number of nitrogens with zero attached hydrogens (tertiary/aromatic N) is 2. The molecule has 0 aromatic heterocycles. The Kier molecular flexibility index (Phi) is 5.75. The fourth-order valence-corrected chi connectivity index (χ4v) is 6.26. The largest absolute Gasteiger partial charge is 0.497 e. The first-order valence-corrected chi connectivity index (χ1v) is 11.8. The van der Waals surface area contributed by atoms with Gasteiger partial charge >= 0.3 is 0 Å². The minimum atomic E-state index is 0.293. The van der Waals surface area contributed by atoms with Crippen LogP contribution in [-0.4, -0.2) is 48.0 Å². The van der Waals surface area contributed by atoms with Gasteiger partial charge in [0.25, 0.3) is 0 Å². The van der Waals surface area contributed by atoms with Crippen molar-refractivity contribution >= 4 is 5.91 Å². The zero-order valence-electron chi connectivity index (χ0n) is 18.8. The van der Waals surface area contributed by atoms with Gasteiger partial charge in [0.1, 0.15) is 5.75 Å². The van der Waals surface area contributed by atoms with Gasteiger partial charge < -0.3 is 9.64 Å². The third-order valence-electron chi connectivity index (χ3n) is 7.68. The molecule has 4 heteroatoms. The molecule has 2 aromatic rings. The molecule has 164 valence electrons. The monoisotopic (exact) mass is 418 g/mol. The van der Waals surface area contributed by atoms with E-state index in [1.165, 1.54) is 23.1 Å².